The lowest BCUT2D eigenvalue weighted by atomic mass is 9.89. The molecule has 0 atom stereocenters. The van der Waals surface area contributed by atoms with Crippen LogP contribution < -0.4 is 5.32 Å². The summed E-state index contributed by atoms with van der Waals surface area (Å²) in [5.74, 6) is -1.49. The molecule has 0 saturated carbocycles. The third-order valence-corrected chi connectivity index (χ3v) is 4.27. The van der Waals surface area contributed by atoms with E-state index in [2.05, 4.69) is 5.32 Å². The molecule has 142 valence electrons. The number of nitrogens with one attached hydrogen (secondary N) is 1. The van der Waals surface area contributed by atoms with E-state index in [-0.39, 0.29) is 12.3 Å². The molecule has 0 unspecified atom stereocenters. The van der Waals surface area contributed by atoms with Crippen LogP contribution in [-0.2, 0) is 14.3 Å². The first-order chi connectivity index (χ1) is 13.6. The van der Waals surface area contributed by atoms with Gasteiger partial charge in [0.15, 0.2) is 6.61 Å². The highest BCUT2D eigenvalue weighted by Crippen LogP contribution is 2.28. The fourth-order valence-corrected chi connectivity index (χ4v) is 2.90. The number of carbonyl (C=O) groups excluding carboxylic acids is 2. The first-order valence-corrected chi connectivity index (χ1v) is 8.93. The zero-order chi connectivity index (χ0) is 19.8. The van der Waals surface area contributed by atoms with E-state index >= 15 is 0 Å². The van der Waals surface area contributed by atoms with E-state index in [1.807, 2.05) is 60.7 Å². The van der Waals surface area contributed by atoms with Gasteiger partial charge in [-0.2, -0.15) is 0 Å². The van der Waals surface area contributed by atoms with Gasteiger partial charge in [0, 0.05) is 11.6 Å². The molecule has 0 fully saturated rings. The molecule has 5 heteroatoms. The topological polar surface area (TPSA) is 55.4 Å². The molecule has 0 spiro atoms. The number of hydrogen-bond donors (Lipinski definition) is 1. The maximum absolute atomic E-state index is 12.9. The van der Waals surface area contributed by atoms with Gasteiger partial charge < -0.3 is 10.1 Å². The summed E-state index contributed by atoms with van der Waals surface area (Å²) >= 11 is 0. The van der Waals surface area contributed by atoms with Crippen LogP contribution >= 0.6 is 0 Å². The van der Waals surface area contributed by atoms with Crippen molar-refractivity contribution in [3.8, 4) is 0 Å². The number of esters is 1. The second-order valence-electron chi connectivity index (χ2n) is 6.29. The molecule has 0 bridgehead atoms. The van der Waals surface area contributed by atoms with Crippen molar-refractivity contribution >= 4 is 17.6 Å². The smallest absolute Gasteiger partial charge is 0.307 e. The van der Waals surface area contributed by atoms with Gasteiger partial charge in [-0.15, -0.1) is 0 Å². The molecule has 4 nitrogen and oxygen atoms in total. The Labute approximate surface area is 163 Å². The summed E-state index contributed by atoms with van der Waals surface area (Å²) in [6, 6.07) is 24.8. The number of benzene rings is 3. The van der Waals surface area contributed by atoms with Crippen molar-refractivity contribution in [1.82, 2.24) is 0 Å². The second kappa shape index (κ2) is 9.46. The summed E-state index contributed by atoms with van der Waals surface area (Å²) in [4.78, 5) is 24.3. The molecule has 1 N–H and O–H groups in total. The van der Waals surface area contributed by atoms with E-state index in [0.29, 0.717) is 5.69 Å². The van der Waals surface area contributed by atoms with Crippen LogP contribution in [0.15, 0.2) is 84.9 Å². The van der Waals surface area contributed by atoms with Gasteiger partial charge in [0.05, 0.1) is 6.42 Å². The predicted octanol–water partition coefficient (Wildman–Crippen LogP) is 4.53. The minimum atomic E-state index is -0.476. The Kier molecular flexibility index (Phi) is 6.52. The minimum Gasteiger partial charge on any atom is -0.456 e. The van der Waals surface area contributed by atoms with Gasteiger partial charge in [-0.25, -0.2) is 4.39 Å². The summed E-state index contributed by atoms with van der Waals surface area (Å²) in [6.45, 7) is -0.396. The fraction of sp³-hybridized carbons (Fsp3) is 0.130. The zero-order valence-electron chi connectivity index (χ0n) is 15.2. The van der Waals surface area contributed by atoms with Gasteiger partial charge in [0.25, 0.3) is 5.91 Å². The third kappa shape index (κ3) is 5.51. The van der Waals surface area contributed by atoms with Crippen molar-refractivity contribution in [3.63, 3.8) is 0 Å². The first-order valence-electron chi connectivity index (χ1n) is 8.93. The van der Waals surface area contributed by atoms with Crippen LogP contribution in [0, 0.1) is 5.82 Å². The molecule has 3 rings (SSSR count). The summed E-state index contributed by atoms with van der Waals surface area (Å²) in [5.41, 5.74) is 2.44. The van der Waals surface area contributed by atoms with Gasteiger partial charge in [-0.3, -0.25) is 9.59 Å². The largest absolute Gasteiger partial charge is 0.456 e. The number of carbonyl (C=O) groups is 2. The first kappa shape index (κ1) is 19.3. The molecule has 0 radical (unpaired) electrons. The molecule has 0 aliphatic heterocycles. The van der Waals surface area contributed by atoms with Crippen LogP contribution in [0.5, 0.6) is 0 Å². The number of halogens is 1. The maximum Gasteiger partial charge on any atom is 0.307 e. The Morgan fingerprint density at radius 3 is 1.89 bits per heavy atom. The van der Waals surface area contributed by atoms with Crippen molar-refractivity contribution in [2.45, 2.75) is 12.3 Å². The summed E-state index contributed by atoms with van der Waals surface area (Å²) in [6.07, 6.45) is 0.123. The summed E-state index contributed by atoms with van der Waals surface area (Å²) < 4.78 is 18.0. The molecule has 0 heterocycles. The normalized spacial score (nSPS) is 10.5. The van der Waals surface area contributed by atoms with E-state index in [1.54, 1.807) is 0 Å². The highest BCUT2D eigenvalue weighted by Gasteiger charge is 2.19. The van der Waals surface area contributed by atoms with Gasteiger partial charge in [-0.1, -0.05) is 60.7 Å². The summed E-state index contributed by atoms with van der Waals surface area (Å²) in [5, 5.41) is 2.56. The van der Waals surface area contributed by atoms with Crippen LogP contribution in [-0.4, -0.2) is 18.5 Å². The maximum atomic E-state index is 12.9. The van der Waals surface area contributed by atoms with Gasteiger partial charge in [-0.05, 0) is 35.4 Å². The molecule has 0 aliphatic rings. The van der Waals surface area contributed by atoms with E-state index in [0.717, 1.165) is 11.1 Å². The lowest BCUT2D eigenvalue weighted by Crippen LogP contribution is -2.22. The highest BCUT2D eigenvalue weighted by atomic mass is 19.1. The van der Waals surface area contributed by atoms with Gasteiger partial charge in [0.1, 0.15) is 5.82 Å². The molecule has 3 aromatic rings. The number of ether oxygens (including phenoxy) is 1. The Bertz CT molecular complexity index is 872. The van der Waals surface area contributed by atoms with Crippen LogP contribution in [0.1, 0.15) is 23.5 Å². The Morgan fingerprint density at radius 2 is 1.36 bits per heavy atom. The van der Waals surface area contributed by atoms with Crippen LogP contribution in [0.25, 0.3) is 0 Å². The predicted molar refractivity (Wildman–Crippen MR) is 105 cm³/mol. The Hall–Kier alpha value is -3.47. The number of amides is 1. The number of hydrogen-bond acceptors (Lipinski definition) is 3. The monoisotopic (exact) mass is 377 g/mol. The van der Waals surface area contributed by atoms with Gasteiger partial charge in [0.2, 0.25) is 0 Å². The lowest BCUT2D eigenvalue weighted by molar-refractivity contribution is -0.147. The molecule has 0 saturated heterocycles. The summed E-state index contributed by atoms with van der Waals surface area (Å²) in [7, 11) is 0. The van der Waals surface area contributed by atoms with Crippen molar-refractivity contribution in [1.29, 1.82) is 0 Å². The molecule has 1 amide bonds. The molecule has 28 heavy (non-hydrogen) atoms. The van der Waals surface area contributed by atoms with Crippen molar-refractivity contribution in [3.05, 3.63) is 102 Å². The van der Waals surface area contributed by atoms with E-state index < -0.39 is 24.3 Å². The molecule has 0 aliphatic carbocycles. The van der Waals surface area contributed by atoms with Gasteiger partial charge >= 0.3 is 5.97 Å². The van der Waals surface area contributed by atoms with E-state index in [9.17, 15) is 14.0 Å². The SMILES string of the molecule is O=C(COC(=O)CC(c1ccccc1)c1ccccc1)Nc1ccc(F)cc1. The highest BCUT2D eigenvalue weighted by molar-refractivity contribution is 5.92. The van der Waals surface area contributed by atoms with Crippen LogP contribution in [0.4, 0.5) is 10.1 Å². The van der Waals surface area contributed by atoms with Crippen LogP contribution in [0.3, 0.4) is 0 Å². The quantitative estimate of drug-likeness (QED) is 0.616. The van der Waals surface area contributed by atoms with Crippen molar-refractivity contribution < 1.29 is 18.7 Å². The van der Waals surface area contributed by atoms with Crippen molar-refractivity contribution in [2.75, 3.05) is 11.9 Å². The third-order valence-electron chi connectivity index (χ3n) is 4.27. The zero-order valence-corrected chi connectivity index (χ0v) is 15.2. The average molecular weight is 377 g/mol. The Balaban J connectivity index is 1.59. The minimum absolute atomic E-state index is 0.123. The molecule has 0 aromatic heterocycles. The van der Waals surface area contributed by atoms with E-state index in [1.165, 1.54) is 24.3 Å². The fourth-order valence-electron chi connectivity index (χ4n) is 2.90. The molecular formula is C23H20FNO3. The van der Waals surface area contributed by atoms with Crippen LogP contribution in [0.2, 0.25) is 0 Å². The second-order valence-corrected chi connectivity index (χ2v) is 6.29. The van der Waals surface area contributed by atoms with Crippen molar-refractivity contribution in [2.24, 2.45) is 0 Å². The lowest BCUT2D eigenvalue weighted by Gasteiger charge is -2.17. The number of anilines is 1. The molecule has 3 aromatic carbocycles. The standard InChI is InChI=1S/C23H20FNO3/c24-19-11-13-20(14-12-19)25-22(26)16-28-23(27)15-21(17-7-3-1-4-8-17)18-9-5-2-6-10-18/h1-14,21H,15-16H2,(H,25,26). The average Bonchev–Trinajstić information content (AvgIpc) is 2.73. The Morgan fingerprint density at radius 1 is 0.821 bits per heavy atom. The molecular weight excluding hydrogens is 357 g/mol. The van der Waals surface area contributed by atoms with E-state index in [4.69, 9.17) is 4.74 Å². The number of rotatable bonds is 7.